The molecule has 1 aromatic carbocycles. The molecule has 17 heavy (non-hydrogen) atoms. The lowest BCUT2D eigenvalue weighted by Crippen LogP contribution is -2.23. The van der Waals surface area contributed by atoms with Crippen LogP contribution in [-0.4, -0.2) is 17.1 Å². The summed E-state index contributed by atoms with van der Waals surface area (Å²) in [6.45, 7) is 0.535. The molecule has 1 aromatic heterocycles. The number of benzene rings is 1. The highest BCUT2D eigenvalue weighted by molar-refractivity contribution is 7.98. The van der Waals surface area contributed by atoms with Gasteiger partial charge in [0, 0.05) is 16.8 Å². The maximum Gasteiger partial charge on any atom is 0.271 e. The zero-order chi connectivity index (χ0) is 12.1. The Hall–Kier alpha value is -1.33. The Balaban J connectivity index is 2.00. The van der Waals surface area contributed by atoms with Crippen LogP contribution in [0.5, 0.6) is 0 Å². The molecule has 0 bridgehead atoms. The Morgan fingerprint density at radius 3 is 3.00 bits per heavy atom. The number of aromatic nitrogens is 1. The van der Waals surface area contributed by atoms with Crippen molar-refractivity contribution in [2.45, 2.75) is 11.4 Å². The molecular weight excluding hydrogens is 252 g/mol. The molecule has 3 nitrogen and oxygen atoms in total. The molecule has 0 radical (unpaired) electrons. The van der Waals surface area contributed by atoms with Gasteiger partial charge in [0.1, 0.15) is 5.69 Å². The van der Waals surface area contributed by atoms with Crippen molar-refractivity contribution >= 4 is 29.0 Å². The van der Waals surface area contributed by atoms with E-state index in [1.807, 2.05) is 24.5 Å². The van der Waals surface area contributed by atoms with Crippen molar-refractivity contribution in [1.29, 1.82) is 0 Å². The molecule has 0 spiro atoms. The molecule has 0 aliphatic rings. The summed E-state index contributed by atoms with van der Waals surface area (Å²) >= 11 is 3.10. The minimum atomic E-state index is -0.123. The lowest BCUT2D eigenvalue weighted by Gasteiger charge is -2.07. The van der Waals surface area contributed by atoms with Gasteiger partial charge in [-0.15, -0.1) is 23.1 Å². The number of hydrogen-bond donors (Lipinski definition) is 1. The predicted octanol–water partition coefficient (Wildman–Crippen LogP) is 2.80. The highest BCUT2D eigenvalue weighted by Gasteiger charge is 2.07. The maximum atomic E-state index is 11.7. The fourth-order valence-electron chi connectivity index (χ4n) is 1.44. The van der Waals surface area contributed by atoms with Crippen molar-refractivity contribution in [2.75, 3.05) is 6.26 Å². The first-order valence-corrected chi connectivity index (χ1v) is 7.26. The highest BCUT2D eigenvalue weighted by Crippen LogP contribution is 2.19. The molecule has 2 rings (SSSR count). The van der Waals surface area contributed by atoms with E-state index in [-0.39, 0.29) is 5.91 Å². The fraction of sp³-hybridized carbons (Fsp3) is 0.167. The summed E-state index contributed by atoms with van der Waals surface area (Å²) in [5, 5.41) is 4.61. The van der Waals surface area contributed by atoms with Crippen LogP contribution in [0, 0.1) is 0 Å². The molecule has 0 saturated heterocycles. The lowest BCUT2D eigenvalue weighted by atomic mass is 10.2. The van der Waals surface area contributed by atoms with E-state index in [4.69, 9.17) is 0 Å². The van der Waals surface area contributed by atoms with Gasteiger partial charge in [-0.1, -0.05) is 18.2 Å². The number of rotatable bonds is 4. The van der Waals surface area contributed by atoms with Gasteiger partial charge >= 0.3 is 0 Å². The number of nitrogens with one attached hydrogen (secondary N) is 1. The third-order valence-corrected chi connectivity index (χ3v) is 3.72. The number of amides is 1. The molecule has 0 atom stereocenters. The van der Waals surface area contributed by atoms with Crippen molar-refractivity contribution in [2.24, 2.45) is 0 Å². The second-order valence-corrected chi connectivity index (χ2v) is 4.93. The zero-order valence-corrected chi connectivity index (χ0v) is 11.0. The molecule has 0 fully saturated rings. The summed E-state index contributed by atoms with van der Waals surface area (Å²) < 4.78 is 0. The second kappa shape index (κ2) is 5.84. The highest BCUT2D eigenvalue weighted by atomic mass is 32.2. The van der Waals surface area contributed by atoms with Gasteiger partial charge in [0.25, 0.3) is 5.91 Å². The van der Waals surface area contributed by atoms with Crippen LogP contribution in [0.2, 0.25) is 0 Å². The van der Waals surface area contributed by atoms with Crippen LogP contribution in [0.25, 0.3) is 0 Å². The largest absolute Gasteiger partial charge is 0.347 e. The smallest absolute Gasteiger partial charge is 0.271 e. The number of thioether (sulfide) groups is 1. The molecule has 88 valence electrons. The molecule has 1 N–H and O–H groups in total. The normalized spacial score (nSPS) is 10.2. The number of thiazole rings is 1. The van der Waals surface area contributed by atoms with Crippen molar-refractivity contribution in [1.82, 2.24) is 10.3 Å². The van der Waals surface area contributed by atoms with Crippen LogP contribution < -0.4 is 5.32 Å². The van der Waals surface area contributed by atoms with Crippen molar-refractivity contribution in [3.63, 3.8) is 0 Å². The second-order valence-electron chi connectivity index (χ2n) is 3.37. The Morgan fingerprint density at radius 2 is 2.29 bits per heavy atom. The van der Waals surface area contributed by atoms with Gasteiger partial charge in [0.05, 0.1) is 5.51 Å². The summed E-state index contributed by atoms with van der Waals surface area (Å²) in [4.78, 5) is 16.9. The van der Waals surface area contributed by atoms with Gasteiger partial charge in [0.2, 0.25) is 0 Å². The van der Waals surface area contributed by atoms with E-state index in [1.54, 1.807) is 22.7 Å². The fourth-order valence-corrected chi connectivity index (χ4v) is 2.59. The van der Waals surface area contributed by atoms with Gasteiger partial charge < -0.3 is 5.32 Å². The number of carbonyl (C=O) groups excluding carboxylic acids is 1. The first kappa shape index (κ1) is 12.1. The number of nitrogens with zero attached hydrogens (tertiary/aromatic N) is 1. The van der Waals surface area contributed by atoms with Crippen molar-refractivity contribution in [3.8, 4) is 0 Å². The number of hydrogen-bond acceptors (Lipinski definition) is 4. The topological polar surface area (TPSA) is 42.0 Å². The average molecular weight is 264 g/mol. The van der Waals surface area contributed by atoms with E-state index in [0.29, 0.717) is 12.2 Å². The SMILES string of the molecule is CSc1ccccc1CNC(=O)c1cscn1. The lowest BCUT2D eigenvalue weighted by molar-refractivity contribution is 0.0946. The van der Waals surface area contributed by atoms with E-state index in [2.05, 4.69) is 16.4 Å². The zero-order valence-electron chi connectivity index (χ0n) is 9.34. The maximum absolute atomic E-state index is 11.7. The standard InChI is InChI=1S/C12H12N2OS2/c1-16-11-5-3-2-4-9(11)6-13-12(15)10-7-17-8-14-10/h2-5,7-8H,6H2,1H3,(H,13,15). The first-order chi connectivity index (χ1) is 8.31. The van der Waals surface area contributed by atoms with E-state index < -0.39 is 0 Å². The molecule has 0 saturated carbocycles. The first-order valence-electron chi connectivity index (χ1n) is 5.09. The molecule has 0 unspecified atom stereocenters. The summed E-state index contributed by atoms with van der Waals surface area (Å²) in [5.41, 5.74) is 3.27. The summed E-state index contributed by atoms with van der Waals surface area (Å²) in [6.07, 6.45) is 2.03. The van der Waals surface area contributed by atoms with Crippen LogP contribution >= 0.6 is 23.1 Å². The minimum absolute atomic E-state index is 0.123. The molecule has 1 amide bonds. The molecular formula is C12H12N2OS2. The Labute approximate surface area is 108 Å². The third kappa shape index (κ3) is 3.08. The molecule has 0 aliphatic carbocycles. The number of carbonyl (C=O) groups is 1. The van der Waals surface area contributed by atoms with E-state index >= 15 is 0 Å². The van der Waals surface area contributed by atoms with Crippen molar-refractivity contribution in [3.05, 3.63) is 46.4 Å². The van der Waals surface area contributed by atoms with E-state index in [0.717, 1.165) is 5.56 Å². The summed E-state index contributed by atoms with van der Waals surface area (Å²) in [6, 6.07) is 8.05. The Bertz CT molecular complexity index is 497. The van der Waals surface area contributed by atoms with Gasteiger partial charge in [0.15, 0.2) is 0 Å². The van der Waals surface area contributed by atoms with Crippen LogP contribution in [0.4, 0.5) is 0 Å². The van der Waals surface area contributed by atoms with Gasteiger partial charge in [-0.25, -0.2) is 4.98 Å². The Kier molecular flexibility index (Phi) is 4.17. The predicted molar refractivity (Wildman–Crippen MR) is 71.5 cm³/mol. The monoisotopic (exact) mass is 264 g/mol. The van der Waals surface area contributed by atoms with Crippen molar-refractivity contribution < 1.29 is 4.79 Å². The summed E-state index contributed by atoms with van der Waals surface area (Å²) in [7, 11) is 0. The van der Waals surface area contributed by atoms with E-state index in [9.17, 15) is 4.79 Å². The van der Waals surface area contributed by atoms with Gasteiger partial charge in [-0.05, 0) is 17.9 Å². The van der Waals surface area contributed by atoms with Crippen LogP contribution in [0.15, 0.2) is 40.1 Å². The van der Waals surface area contributed by atoms with Crippen LogP contribution in [-0.2, 0) is 6.54 Å². The molecule has 1 heterocycles. The van der Waals surface area contributed by atoms with E-state index in [1.165, 1.54) is 16.2 Å². The van der Waals surface area contributed by atoms with Gasteiger partial charge in [-0.2, -0.15) is 0 Å². The Morgan fingerprint density at radius 1 is 1.47 bits per heavy atom. The molecule has 5 heteroatoms. The quantitative estimate of drug-likeness (QED) is 0.863. The van der Waals surface area contributed by atoms with Gasteiger partial charge in [-0.3, -0.25) is 4.79 Å². The average Bonchev–Trinajstić information content (AvgIpc) is 2.90. The summed E-state index contributed by atoms with van der Waals surface area (Å²) in [5.74, 6) is -0.123. The minimum Gasteiger partial charge on any atom is -0.347 e. The molecule has 2 aromatic rings. The third-order valence-electron chi connectivity index (χ3n) is 2.30. The molecule has 0 aliphatic heterocycles. The van der Waals surface area contributed by atoms with Crippen LogP contribution in [0.1, 0.15) is 16.1 Å². The van der Waals surface area contributed by atoms with Crippen LogP contribution in [0.3, 0.4) is 0 Å².